The van der Waals surface area contributed by atoms with E-state index >= 15 is 0 Å². The van der Waals surface area contributed by atoms with Crippen molar-refractivity contribution in [1.29, 1.82) is 0 Å². The second-order valence-electron chi connectivity index (χ2n) is 4.49. The summed E-state index contributed by atoms with van der Waals surface area (Å²) >= 11 is 13.6. The zero-order chi connectivity index (χ0) is 13.7. The maximum atomic E-state index is 6.98. The number of halogens is 2. The van der Waals surface area contributed by atoms with Gasteiger partial charge >= 0.3 is 0 Å². The number of alkyl halides is 2. The van der Waals surface area contributed by atoms with Crippen molar-refractivity contribution in [3.63, 3.8) is 0 Å². The summed E-state index contributed by atoms with van der Waals surface area (Å²) in [4.78, 5) is -0.680. The largest absolute Gasteiger partial charge is 0.138 e. The highest BCUT2D eigenvalue weighted by atomic mass is 35.5. The molecule has 0 radical (unpaired) electrons. The maximum absolute atomic E-state index is 6.98. The van der Waals surface area contributed by atoms with Crippen LogP contribution in [0.2, 0.25) is 0 Å². The first-order valence-corrected chi connectivity index (χ1v) is 7.96. The third kappa shape index (κ3) is 3.14. The van der Waals surface area contributed by atoms with E-state index in [0.717, 1.165) is 23.7 Å². The van der Waals surface area contributed by atoms with Crippen LogP contribution < -0.4 is 0 Å². The van der Waals surface area contributed by atoms with Gasteiger partial charge in [0.1, 0.15) is 4.87 Å². The van der Waals surface area contributed by atoms with Crippen LogP contribution >= 0.6 is 32.4 Å². The molecule has 0 aliphatic heterocycles. The molecule has 2 aromatic rings. The molecule has 3 heteroatoms. The first-order chi connectivity index (χ1) is 9.19. The van der Waals surface area contributed by atoms with Crippen LogP contribution in [0.3, 0.4) is 0 Å². The molecule has 100 valence electrons. The number of benzene rings is 2. The van der Waals surface area contributed by atoms with E-state index in [4.69, 9.17) is 23.2 Å². The molecule has 0 fully saturated rings. The van der Waals surface area contributed by atoms with Gasteiger partial charge in [0.15, 0.2) is 0 Å². The second kappa shape index (κ2) is 6.75. The van der Waals surface area contributed by atoms with E-state index in [1.807, 2.05) is 60.7 Å². The molecule has 0 N–H and O–H groups in total. The zero-order valence-electron chi connectivity index (χ0n) is 10.6. The lowest BCUT2D eigenvalue weighted by Gasteiger charge is -2.33. The van der Waals surface area contributed by atoms with Crippen molar-refractivity contribution < 1.29 is 0 Å². The van der Waals surface area contributed by atoms with Gasteiger partial charge in [-0.25, -0.2) is 0 Å². The second-order valence-corrected chi connectivity index (χ2v) is 6.19. The summed E-state index contributed by atoms with van der Waals surface area (Å²) in [7, 11) is 2.71. The topological polar surface area (TPSA) is 0 Å². The Morgan fingerprint density at radius 2 is 1.32 bits per heavy atom. The summed E-state index contributed by atoms with van der Waals surface area (Å²) in [5.74, 6) is 0. The van der Waals surface area contributed by atoms with Crippen molar-refractivity contribution >= 4 is 32.4 Å². The Bertz CT molecular complexity index is 459. The van der Waals surface area contributed by atoms with Gasteiger partial charge < -0.3 is 0 Å². The molecule has 2 atom stereocenters. The molecule has 2 rings (SSSR count). The molecule has 2 aromatic carbocycles. The lowest BCUT2D eigenvalue weighted by Crippen LogP contribution is -2.32. The van der Waals surface area contributed by atoms with Gasteiger partial charge in [0.25, 0.3) is 0 Å². The predicted octanol–water partition coefficient (Wildman–Crippen LogP) is 5.04. The van der Waals surface area contributed by atoms with Crippen LogP contribution in [0.15, 0.2) is 60.7 Å². The zero-order valence-corrected chi connectivity index (χ0v) is 13.3. The minimum Gasteiger partial charge on any atom is -0.138 e. The van der Waals surface area contributed by atoms with Crippen molar-refractivity contribution in [1.82, 2.24) is 0 Å². The van der Waals surface area contributed by atoms with E-state index in [1.165, 1.54) is 0 Å². The average molecular weight is 311 g/mol. The van der Waals surface area contributed by atoms with Gasteiger partial charge in [-0.3, -0.25) is 0 Å². The van der Waals surface area contributed by atoms with Crippen LogP contribution in [-0.2, 0) is 4.87 Å². The van der Waals surface area contributed by atoms with E-state index in [0.29, 0.717) is 0 Å². The fraction of sp³-hybridized carbons (Fsp3) is 0.250. The Morgan fingerprint density at radius 1 is 0.895 bits per heavy atom. The molecular weight excluding hydrogens is 294 g/mol. The average Bonchev–Trinajstić information content (AvgIpc) is 2.48. The number of hydrogen-bond acceptors (Lipinski definition) is 0. The molecule has 0 aliphatic rings. The highest BCUT2D eigenvalue weighted by molar-refractivity contribution is 7.16. The number of hydrogen-bond donors (Lipinski definition) is 0. The monoisotopic (exact) mass is 310 g/mol. The minimum absolute atomic E-state index is 0.156. The van der Waals surface area contributed by atoms with Crippen molar-refractivity contribution in [2.24, 2.45) is 0 Å². The van der Waals surface area contributed by atoms with Gasteiger partial charge in [0, 0.05) is 0 Å². The highest BCUT2D eigenvalue weighted by Gasteiger charge is 2.38. The van der Waals surface area contributed by atoms with Crippen LogP contribution in [0, 0.1) is 0 Å². The lowest BCUT2D eigenvalue weighted by atomic mass is 9.86. The van der Waals surface area contributed by atoms with Gasteiger partial charge in [-0.1, -0.05) is 60.7 Å². The van der Waals surface area contributed by atoms with E-state index in [9.17, 15) is 0 Å². The van der Waals surface area contributed by atoms with Crippen LogP contribution in [0.5, 0.6) is 0 Å². The van der Waals surface area contributed by atoms with E-state index in [-0.39, 0.29) is 5.38 Å². The van der Waals surface area contributed by atoms with Crippen LogP contribution in [0.4, 0.5) is 0 Å². The van der Waals surface area contributed by atoms with Gasteiger partial charge in [-0.05, 0) is 23.7 Å². The van der Waals surface area contributed by atoms with Crippen molar-refractivity contribution in [2.75, 3.05) is 6.16 Å². The Morgan fingerprint density at radius 3 is 1.68 bits per heavy atom. The number of rotatable bonds is 5. The fourth-order valence-electron chi connectivity index (χ4n) is 2.23. The summed E-state index contributed by atoms with van der Waals surface area (Å²) in [5, 5.41) is -0.156. The molecule has 0 aliphatic carbocycles. The Hall–Kier alpha value is -0.550. The van der Waals surface area contributed by atoms with Crippen molar-refractivity contribution in [3.8, 4) is 0 Å². The van der Waals surface area contributed by atoms with Gasteiger partial charge in [-0.2, -0.15) is 0 Å². The molecule has 0 nitrogen and oxygen atoms in total. The summed E-state index contributed by atoms with van der Waals surface area (Å²) in [5.41, 5.74) is 2.09. The predicted molar refractivity (Wildman–Crippen MR) is 88.4 cm³/mol. The molecule has 0 saturated heterocycles. The smallest absolute Gasteiger partial charge is 0.111 e. The molecular formula is C16H17Cl2P. The Kier molecular flexibility index (Phi) is 5.28. The molecule has 0 amide bonds. The van der Waals surface area contributed by atoms with Crippen LogP contribution in [-0.4, -0.2) is 11.5 Å². The molecule has 0 saturated carbocycles. The first-order valence-electron chi connectivity index (χ1n) is 6.33. The van der Waals surface area contributed by atoms with E-state index < -0.39 is 4.87 Å². The van der Waals surface area contributed by atoms with E-state index in [2.05, 4.69) is 9.24 Å². The molecule has 19 heavy (non-hydrogen) atoms. The Labute approximate surface area is 127 Å². The normalized spacial score (nSPS) is 13.2. The van der Waals surface area contributed by atoms with Crippen LogP contribution in [0.25, 0.3) is 0 Å². The lowest BCUT2D eigenvalue weighted by molar-refractivity contribution is 0.648. The first kappa shape index (κ1) is 14.9. The highest BCUT2D eigenvalue weighted by Crippen LogP contribution is 2.43. The van der Waals surface area contributed by atoms with E-state index in [1.54, 1.807) is 0 Å². The van der Waals surface area contributed by atoms with Gasteiger partial charge in [0.2, 0.25) is 0 Å². The van der Waals surface area contributed by atoms with Gasteiger partial charge in [-0.15, -0.1) is 32.4 Å². The third-order valence-corrected chi connectivity index (χ3v) is 4.93. The molecule has 2 unspecified atom stereocenters. The fourth-order valence-corrected chi connectivity index (χ4v) is 3.52. The quantitative estimate of drug-likeness (QED) is 0.536. The van der Waals surface area contributed by atoms with Crippen molar-refractivity contribution in [3.05, 3.63) is 71.8 Å². The molecule has 0 spiro atoms. The SMILES string of the molecule is PCCC(Cl)C(Cl)(c1ccccc1)c1ccccc1. The molecule has 0 bridgehead atoms. The molecule has 0 aromatic heterocycles. The van der Waals surface area contributed by atoms with Gasteiger partial charge in [0.05, 0.1) is 5.38 Å². The van der Waals surface area contributed by atoms with Crippen LogP contribution in [0.1, 0.15) is 17.5 Å². The Balaban J connectivity index is 2.51. The minimum atomic E-state index is -0.680. The maximum Gasteiger partial charge on any atom is 0.111 e. The van der Waals surface area contributed by atoms with Crippen molar-refractivity contribution in [2.45, 2.75) is 16.7 Å². The summed E-state index contributed by atoms with van der Waals surface area (Å²) in [6, 6.07) is 20.1. The standard InChI is InChI=1S/C16H17Cl2P/c17-15(11-12-19)16(18,13-7-3-1-4-8-13)14-9-5-2-6-10-14/h1-10,15H,11-12,19H2. The summed E-state index contributed by atoms with van der Waals surface area (Å²) < 4.78 is 0. The summed E-state index contributed by atoms with van der Waals surface area (Å²) in [6.07, 6.45) is 1.78. The summed E-state index contributed by atoms with van der Waals surface area (Å²) in [6.45, 7) is 0. The third-order valence-electron chi connectivity index (χ3n) is 3.24. The molecule has 0 heterocycles.